The van der Waals surface area contributed by atoms with E-state index >= 15 is 0 Å². The molecule has 0 radical (unpaired) electrons. The predicted octanol–water partition coefficient (Wildman–Crippen LogP) is 2.69. The van der Waals surface area contributed by atoms with Gasteiger partial charge in [-0.15, -0.1) is 0 Å². The van der Waals surface area contributed by atoms with Gasteiger partial charge in [0.15, 0.2) is 5.16 Å². The van der Waals surface area contributed by atoms with Crippen LogP contribution < -0.4 is 5.73 Å². The molecule has 0 saturated carbocycles. The molecule has 1 fully saturated rings. The zero-order valence-corrected chi connectivity index (χ0v) is 14.0. The normalized spacial score (nSPS) is 18.9. The van der Waals surface area contributed by atoms with Crippen LogP contribution in [0, 0.1) is 0 Å². The molecule has 2 N–H and O–H groups in total. The van der Waals surface area contributed by atoms with Crippen LogP contribution in [0.4, 0.5) is 0 Å². The Kier molecular flexibility index (Phi) is 5.03. The lowest BCUT2D eigenvalue weighted by Gasteiger charge is -2.17. The zero-order valence-electron chi connectivity index (χ0n) is 13.1. The molecule has 2 heterocycles. The monoisotopic (exact) mass is 331 g/mol. The molecule has 122 valence electrons. The van der Waals surface area contributed by atoms with Crippen LogP contribution >= 0.6 is 11.8 Å². The highest BCUT2D eigenvalue weighted by atomic mass is 32.2. The number of hydrogen-bond acceptors (Lipinski definition) is 4. The van der Waals surface area contributed by atoms with Gasteiger partial charge in [-0.05, 0) is 25.3 Å². The molecule has 6 heteroatoms. The molecular formula is C17H21N3O2S. The van der Waals surface area contributed by atoms with E-state index in [1.165, 1.54) is 11.8 Å². The number of primary amides is 1. The first-order valence-electron chi connectivity index (χ1n) is 7.83. The Labute approximate surface area is 140 Å². The van der Waals surface area contributed by atoms with Crippen molar-refractivity contribution in [1.29, 1.82) is 0 Å². The first kappa shape index (κ1) is 16.1. The van der Waals surface area contributed by atoms with Crippen LogP contribution in [0.2, 0.25) is 0 Å². The summed E-state index contributed by atoms with van der Waals surface area (Å²) in [5, 5.41) is 0.495. The summed E-state index contributed by atoms with van der Waals surface area (Å²) >= 11 is 1.40. The van der Waals surface area contributed by atoms with E-state index in [1.54, 1.807) is 6.92 Å². The number of hydrogen-bond donors (Lipinski definition) is 1. The Morgan fingerprint density at radius 1 is 1.48 bits per heavy atom. The number of benzene rings is 1. The van der Waals surface area contributed by atoms with Gasteiger partial charge in [-0.2, -0.15) is 0 Å². The molecule has 0 bridgehead atoms. The van der Waals surface area contributed by atoms with E-state index in [0.717, 1.165) is 42.4 Å². The molecule has 3 rings (SSSR count). The summed E-state index contributed by atoms with van der Waals surface area (Å²) in [7, 11) is 0. The summed E-state index contributed by atoms with van der Waals surface area (Å²) in [4.78, 5) is 15.9. The van der Waals surface area contributed by atoms with Crippen molar-refractivity contribution in [3.05, 3.63) is 36.5 Å². The van der Waals surface area contributed by atoms with E-state index in [4.69, 9.17) is 10.5 Å². The molecule has 1 aliphatic heterocycles. The molecule has 1 amide bonds. The van der Waals surface area contributed by atoms with Gasteiger partial charge in [-0.25, -0.2) is 4.98 Å². The third-order valence-corrected chi connectivity index (χ3v) is 5.10. The second-order valence-corrected chi connectivity index (χ2v) is 7.01. The molecule has 1 aliphatic rings. The Morgan fingerprint density at radius 3 is 2.91 bits per heavy atom. The molecule has 1 aromatic heterocycles. The van der Waals surface area contributed by atoms with Crippen LogP contribution in [0.3, 0.4) is 0 Å². The lowest BCUT2D eigenvalue weighted by molar-refractivity contribution is -0.117. The third kappa shape index (κ3) is 3.76. The van der Waals surface area contributed by atoms with Gasteiger partial charge < -0.3 is 15.0 Å². The Hall–Kier alpha value is -1.79. The Bertz CT molecular complexity index is 666. The summed E-state index contributed by atoms with van der Waals surface area (Å²) in [6, 6.07) is 10.1. The number of imidazole rings is 1. The van der Waals surface area contributed by atoms with Gasteiger partial charge in [0.05, 0.1) is 29.8 Å². The number of ether oxygens (including phenoxy) is 1. The zero-order chi connectivity index (χ0) is 16.2. The maximum absolute atomic E-state index is 11.4. The third-order valence-electron chi connectivity index (χ3n) is 3.98. The highest BCUT2D eigenvalue weighted by Gasteiger charge is 2.22. The van der Waals surface area contributed by atoms with Crippen LogP contribution in [0.15, 0.2) is 41.7 Å². The number of nitrogens with two attached hydrogens (primary N) is 1. The van der Waals surface area contributed by atoms with E-state index in [9.17, 15) is 4.79 Å². The number of carbonyl (C=O) groups is 1. The van der Waals surface area contributed by atoms with E-state index in [-0.39, 0.29) is 17.3 Å². The lowest BCUT2D eigenvalue weighted by Crippen LogP contribution is -2.23. The SMILES string of the molecule is C[C@H](Sc1ncc(-c2ccccc2)n1C[C@@H]1CCCO1)C(N)=O. The highest BCUT2D eigenvalue weighted by Crippen LogP contribution is 2.30. The van der Waals surface area contributed by atoms with Gasteiger partial charge in [-0.3, -0.25) is 4.79 Å². The largest absolute Gasteiger partial charge is 0.376 e. The fourth-order valence-electron chi connectivity index (χ4n) is 2.68. The van der Waals surface area contributed by atoms with Crippen LogP contribution in [0.1, 0.15) is 19.8 Å². The van der Waals surface area contributed by atoms with Crippen molar-refractivity contribution in [2.24, 2.45) is 5.73 Å². The van der Waals surface area contributed by atoms with Crippen molar-refractivity contribution in [3.8, 4) is 11.3 Å². The topological polar surface area (TPSA) is 70.1 Å². The van der Waals surface area contributed by atoms with Gasteiger partial charge in [-0.1, -0.05) is 42.1 Å². The van der Waals surface area contributed by atoms with Gasteiger partial charge in [0, 0.05) is 6.61 Å². The smallest absolute Gasteiger partial charge is 0.230 e. The minimum absolute atomic E-state index is 0.204. The maximum atomic E-state index is 11.4. The Morgan fingerprint density at radius 2 is 2.26 bits per heavy atom. The first-order chi connectivity index (χ1) is 11.1. The average Bonchev–Trinajstić information content (AvgIpc) is 3.19. The van der Waals surface area contributed by atoms with Gasteiger partial charge in [0.1, 0.15) is 0 Å². The standard InChI is InChI=1S/C17H21N3O2S/c1-12(16(18)21)23-17-19-10-15(13-6-3-2-4-7-13)20(17)11-14-8-5-9-22-14/h2-4,6-7,10,12,14H,5,8-9,11H2,1H3,(H2,18,21)/t12-,14-/m0/s1. The number of amides is 1. The van der Waals surface area contributed by atoms with Crippen LogP contribution in [-0.2, 0) is 16.1 Å². The molecule has 2 atom stereocenters. The van der Waals surface area contributed by atoms with E-state index in [1.807, 2.05) is 24.4 Å². The predicted molar refractivity (Wildman–Crippen MR) is 91.2 cm³/mol. The molecule has 1 aromatic carbocycles. The number of aromatic nitrogens is 2. The summed E-state index contributed by atoms with van der Waals surface area (Å²) in [5.41, 5.74) is 7.54. The molecule has 23 heavy (non-hydrogen) atoms. The van der Waals surface area contributed by atoms with E-state index in [0.29, 0.717) is 0 Å². The minimum Gasteiger partial charge on any atom is -0.376 e. The van der Waals surface area contributed by atoms with Crippen molar-refractivity contribution in [3.63, 3.8) is 0 Å². The second kappa shape index (κ2) is 7.19. The summed E-state index contributed by atoms with van der Waals surface area (Å²) in [5.74, 6) is -0.331. The van der Waals surface area contributed by atoms with Crippen molar-refractivity contribution in [1.82, 2.24) is 9.55 Å². The molecule has 5 nitrogen and oxygen atoms in total. The Balaban J connectivity index is 1.92. The number of rotatable bonds is 6. The highest BCUT2D eigenvalue weighted by molar-refractivity contribution is 8.00. The summed E-state index contributed by atoms with van der Waals surface area (Å²) < 4.78 is 7.92. The molecule has 1 saturated heterocycles. The quantitative estimate of drug-likeness (QED) is 0.826. The fraction of sp³-hybridized carbons (Fsp3) is 0.412. The van der Waals surface area contributed by atoms with Gasteiger partial charge in [0.2, 0.25) is 5.91 Å². The number of carbonyl (C=O) groups excluding carboxylic acids is 1. The van der Waals surface area contributed by atoms with Crippen molar-refractivity contribution in [2.75, 3.05) is 6.61 Å². The second-order valence-electron chi connectivity index (χ2n) is 5.70. The number of nitrogens with zero attached hydrogens (tertiary/aromatic N) is 2. The lowest BCUT2D eigenvalue weighted by atomic mass is 10.1. The molecule has 0 unspecified atom stereocenters. The molecular weight excluding hydrogens is 310 g/mol. The first-order valence-corrected chi connectivity index (χ1v) is 8.71. The van der Waals surface area contributed by atoms with Crippen molar-refractivity contribution < 1.29 is 9.53 Å². The van der Waals surface area contributed by atoms with Crippen LogP contribution in [0.25, 0.3) is 11.3 Å². The van der Waals surface area contributed by atoms with Gasteiger partial charge >= 0.3 is 0 Å². The molecule has 0 spiro atoms. The molecule has 0 aliphatic carbocycles. The van der Waals surface area contributed by atoms with Crippen molar-refractivity contribution >= 4 is 17.7 Å². The average molecular weight is 331 g/mol. The summed E-state index contributed by atoms with van der Waals surface area (Å²) in [6.45, 7) is 3.37. The maximum Gasteiger partial charge on any atom is 0.230 e. The van der Waals surface area contributed by atoms with E-state index in [2.05, 4.69) is 21.7 Å². The minimum atomic E-state index is -0.331. The van der Waals surface area contributed by atoms with Crippen molar-refractivity contribution in [2.45, 2.75) is 42.8 Å². The fourth-order valence-corrected chi connectivity index (χ4v) is 3.52. The van der Waals surface area contributed by atoms with Gasteiger partial charge in [0.25, 0.3) is 0 Å². The number of thioether (sulfide) groups is 1. The van der Waals surface area contributed by atoms with Crippen LogP contribution in [0.5, 0.6) is 0 Å². The summed E-state index contributed by atoms with van der Waals surface area (Å²) in [6.07, 6.45) is 4.22. The van der Waals surface area contributed by atoms with E-state index < -0.39 is 0 Å². The van der Waals surface area contributed by atoms with Crippen LogP contribution in [-0.4, -0.2) is 33.4 Å². The molecule has 2 aromatic rings.